The fourth-order valence-electron chi connectivity index (χ4n) is 5.37. The van der Waals surface area contributed by atoms with Crippen molar-refractivity contribution in [2.45, 2.75) is 26.4 Å². The van der Waals surface area contributed by atoms with Gasteiger partial charge in [0, 0.05) is 64.7 Å². The van der Waals surface area contributed by atoms with Crippen LogP contribution in [0.2, 0.25) is 0 Å². The number of nitrogens with one attached hydrogen (secondary N) is 2. The molecule has 8 nitrogen and oxygen atoms in total. The van der Waals surface area contributed by atoms with Crippen LogP contribution in [0.15, 0.2) is 58.4 Å². The third-order valence-electron chi connectivity index (χ3n) is 7.48. The topological polar surface area (TPSA) is 93.2 Å². The minimum Gasteiger partial charge on any atom is -0.387 e. The van der Waals surface area contributed by atoms with E-state index < -0.39 is 6.10 Å². The average Bonchev–Trinajstić information content (AvgIpc) is 3.35. The number of hydrogen-bond acceptors (Lipinski definition) is 7. The fraction of sp³-hybridized carbons (Fsp3) is 0.400. The van der Waals surface area contributed by atoms with Crippen molar-refractivity contribution in [2.24, 2.45) is 4.99 Å². The molecule has 0 bridgehead atoms. The highest BCUT2D eigenvalue weighted by Crippen LogP contribution is 2.36. The van der Waals surface area contributed by atoms with Crippen LogP contribution in [0.25, 0.3) is 0 Å². The normalized spacial score (nSPS) is 16.3. The van der Waals surface area contributed by atoms with E-state index in [1.54, 1.807) is 13.3 Å². The molecule has 8 heteroatoms. The summed E-state index contributed by atoms with van der Waals surface area (Å²) in [7, 11) is 1.75. The number of fused-ring (bicyclic) bond motifs is 1. The van der Waals surface area contributed by atoms with E-state index in [4.69, 9.17) is 9.73 Å². The van der Waals surface area contributed by atoms with Crippen LogP contribution in [-0.2, 0) is 11.2 Å². The highest BCUT2D eigenvalue weighted by atomic mass is 16.5. The molecule has 1 aromatic heterocycles. The van der Waals surface area contributed by atoms with Crippen molar-refractivity contribution in [2.75, 3.05) is 63.2 Å². The molecule has 200 valence electrons. The van der Waals surface area contributed by atoms with Gasteiger partial charge in [-0.05, 0) is 48.7 Å². The van der Waals surface area contributed by atoms with Gasteiger partial charge in [0.15, 0.2) is 0 Å². The zero-order valence-electron chi connectivity index (χ0n) is 22.5. The molecule has 2 aliphatic rings. The number of anilines is 2. The van der Waals surface area contributed by atoms with E-state index in [1.807, 2.05) is 37.3 Å². The molecule has 3 N–H and O–H groups in total. The first-order valence-corrected chi connectivity index (χ1v) is 13.3. The minimum atomic E-state index is -0.690. The number of hydrogen-bond donors (Lipinski definition) is 3. The molecule has 0 unspecified atom stereocenters. The molecule has 5 rings (SSSR count). The Morgan fingerprint density at radius 3 is 2.71 bits per heavy atom. The molecule has 2 aliphatic heterocycles. The molecule has 0 spiro atoms. The minimum absolute atomic E-state index is 0.184. The highest BCUT2D eigenvalue weighted by molar-refractivity contribution is 6.10. The van der Waals surface area contributed by atoms with E-state index in [1.165, 1.54) is 5.69 Å². The number of aromatic amines is 1. The Bertz CT molecular complexity index is 1370. The van der Waals surface area contributed by atoms with Crippen molar-refractivity contribution in [3.05, 3.63) is 86.8 Å². The molecule has 1 atom stereocenters. The van der Waals surface area contributed by atoms with Crippen LogP contribution >= 0.6 is 0 Å². The SMILES string of the molecule is COCCN1CCN(c2cc(C)c3c(c2)CC(c2c(NC[C@@H](O)c4cccc(C)c4)cc[nH]c2=O)=N3)CC1. The first kappa shape index (κ1) is 26.2. The maximum atomic E-state index is 13.0. The summed E-state index contributed by atoms with van der Waals surface area (Å²) in [6.45, 7) is 10.1. The van der Waals surface area contributed by atoms with Crippen molar-refractivity contribution in [1.82, 2.24) is 9.88 Å². The Morgan fingerprint density at radius 1 is 1.13 bits per heavy atom. The lowest BCUT2D eigenvalue weighted by Gasteiger charge is -2.36. The smallest absolute Gasteiger partial charge is 0.259 e. The summed E-state index contributed by atoms with van der Waals surface area (Å²) >= 11 is 0. The van der Waals surface area contributed by atoms with Gasteiger partial charge in [0.2, 0.25) is 0 Å². The quantitative estimate of drug-likeness (QED) is 0.403. The Labute approximate surface area is 224 Å². The third kappa shape index (κ3) is 5.67. The standard InChI is InChI=1S/C30H37N5O3/c1-20-5-4-6-22(15-20)27(36)19-32-25-7-8-31-30(37)28(25)26-18-23-17-24(16-21(2)29(23)33-26)35-11-9-34(10-12-35)13-14-38-3/h4-8,15-17,27,36H,9-14,18-19H2,1-3H3,(H2,31,32,37)/t27-/m1/s1. The zero-order valence-corrected chi connectivity index (χ0v) is 22.5. The number of ether oxygens (including phenoxy) is 1. The maximum absolute atomic E-state index is 13.0. The van der Waals surface area contributed by atoms with Crippen molar-refractivity contribution in [3.63, 3.8) is 0 Å². The molecule has 38 heavy (non-hydrogen) atoms. The van der Waals surface area contributed by atoms with Gasteiger partial charge in [-0.3, -0.25) is 14.7 Å². The second-order valence-electron chi connectivity index (χ2n) is 10.2. The Balaban J connectivity index is 1.31. The van der Waals surface area contributed by atoms with Crippen molar-refractivity contribution < 1.29 is 9.84 Å². The number of rotatable bonds is 9. The number of nitrogens with zero attached hydrogens (tertiary/aromatic N) is 3. The number of pyridine rings is 1. The maximum Gasteiger partial charge on any atom is 0.259 e. The van der Waals surface area contributed by atoms with Crippen LogP contribution in [0, 0.1) is 13.8 Å². The van der Waals surface area contributed by atoms with Gasteiger partial charge >= 0.3 is 0 Å². The van der Waals surface area contributed by atoms with E-state index >= 15 is 0 Å². The molecular weight excluding hydrogens is 478 g/mol. The number of aliphatic imine (C=N–C) groups is 1. The number of benzene rings is 2. The lowest BCUT2D eigenvalue weighted by atomic mass is 10.0. The number of H-pyrrole nitrogens is 1. The van der Waals surface area contributed by atoms with Crippen molar-refractivity contribution in [3.8, 4) is 0 Å². The molecule has 0 amide bonds. The summed E-state index contributed by atoms with van der Waals surface area (Å²) in [5, 5.41) is 14.0. The van der Waals surface area contributed by atoms with Gasteiger partial charge < -0.3 is 25.0 Å². The number of methoxy groups -OCH3 is 1. The molecular formula is C30H37N5O3. The van der Waals surface area contributed by atoms with E-state index in [-0.39, 0.29) is 5.56 Å². The van der Waals surface area contributed by atoms with E-state index in [2.05, 4.69) is 39.2 Å². The number of aryl methyl sites for hydroxylation is 2. The summed E-state index contributed by atoms with van der Waals surface area (Å²) in [5.41, 5.74) is 8.15. The summed E-state index contributed by atoms with van der Waals surface area (Å²) in [6, 6.07) is 14.1. The van der Waals surface area contributed by atoms with Crippen molar-refractivity contribution in [1.29, 1.82) is 0 Å². The molecule has 2 aromatic carbocycles. The van der Waals surface area contributed by atoms with Gasteiger partial charge in [0.1, 0.15) is 0 Å². The predicted octanol–water partition coefficient (Wildman–Crippen LogP) is 3.58. The molecule has 0 aliphatic carbocycles. The second-order valence-corrected chi connectivity index (χ2v) is 10.2. The van der Waals surface area contributed by atoms with Gasteiger partial charge in [0.25, 0.3) is 5.56 Å². The second kappa shape index (κ2) is 11.5. The number of aromatic nitrogens is 1. The monoisotopic (exact) mass is 515 g/mol. The molecule has 1 saturated heterocycles. The Kier molecular flexibility index (Phi) is 7.93. The predicted molar refractivity (Wildman–Crippen MR) is 153 cm³/mol. The highest BCUT2D eigenvalue weighted by Gasteiger charge is 2.25. The number of piperazine rings is 1. The lowest BCUT2D eigenvalue weighted by Crippen LogP contribution is -2.47. The number of aliphatic hydroxyl groups is 1. The first-order valence-electron chi connectivity index (χ1n) is 13.3. The largest absolute Gasteiger partial charge is 0.387 e. The molecule has 0 saturated carbocycles. The van der Waals surface area contributed by atoms with Crippen molar-refractivity contribution >= 4 is 22.8 Å². The van der Waals surface area contributed by atoms with Crippen LogP contribution in [0.1, 0.15) is 33.9 Å². The Hall–Kier alpha value is -3.46. The van der Waals surface area contributed by atoms with Gasteiger partial charge in [0.05, 0.1) is 35.4 Å². The summed E-state index contributed by atoms with van der Waals surface area (Å²) in [4.78, 5) is 25.6. The molecule has 3 aromatic rings. The lowest BCUT2D eigenvalue weighted by molar-refractivity contribution is 0.144. The average molecular weight is 516 g/mol. The van der Waals surface area contributed by atoms with Gasteiger partial charge in [-0.2, -0.15) is 0 Å². The summed E-state index contributed by atoms with van der Waals surface area (Å²) < 4.78 is 5.23. The third-order valence-corrected chi connectivity index (χ3v) is 7.48. The van der Waals surface area contributed by atoms with E-state index in [9.17, 15) is 9.90 Å². The van der Waals surface area contributed by atoms with Crippen LogP contribution in [0.4, 0.5) is 17.1 Å². The van der Waals surface area contributed by atoms with Crippen LogP contribution in [0.5, 0.6) is 0 Å². The van der Waals surface area contributed by atoms with Crippen LogP contribution in [0.3, 0.4) is 0 Å². The van der Waals surface area contributed by atoms with E-state index in [0.29, 0.717) is 24.2 Å². The number of aliphatic hydroxyl groups excluding tert-OH is 1. The van der Waals surface area contributed by atoms with Crippen LogP contribution in [-0.4, -0.2) is 73.7 Å². The Morgan fingerprint density at radius 2 is 1.95 bits per heavy atom. The summed E-state index contributed by atoms with van der Waals surface area (Å²) in [6.07, 6.45) is 1.54. The zero-order chi connectivity index (χ0) is 26.6. The molecule has 1 fully saturated rings. The van der Waals surface area contributed by atoms with Gasteiger partial charge in [-0.15, -0.1) is 0 Å². The fourth-order valence-corrected chi connectivity index (χ4v) is 5.37. The first-order chi connectivity index (χ1) is 18.4. The van der Waals surface area contributed by atoms with Gasteiger partial charge in [-0.25, -0.2) is 0 Å². The summed E-state index contributed by atoms with van der Waals surface area (Å²) in [5.74, 6) is 0. The van der Waals surface area contributed by atoms with E-state index in [0.717, 1.165) is 73.0 Å². The molecule has 3 heterocycles. The van der Waals surface area contributed by atoms with Gasteiger partial charge in [-0.1, -0.05) is 29.8 Å². The molecule has 0 radical (unpaired) electrons. The van der Waals surface area contributed by atoms with Crippen LogP contribution < -0.4 is 15.8 Å².